The maximum Gasteiger partial charge on any atom is 0.209 e. The molecule has 1 fully saturated rings. The molecule has 0 radical (unpaired) electrons. The second kappa shape index (κ2) is 8.95. The molecule has 2 aromatic rings. The average Bonchev–Trinajstić information content (AvgIpc) is 3.16. The number of nitrogens with zero attached hydrogens (tertiary/aromatic N) is 5. The molecule has 2 heterocycles. The standard InChI is InChI=1S/C18H28N6O2/c1-4-17(18-19-20-21-24(18)12-13-25-2)23-10-8-22(9-11-23)15-6-5-7-16(14-15)26-3/h5-7,14,17H,4,8-13H2,1-3H3/p+1/t17-/m1/s1. The fraction of sp³-hybridized carbons (Fsp3) is 0.611. The van der Waals surface area contributed by atoms with Crippen molar-refractivity contribution in [3.63, 3.8) is 0 Å². The third-order valence-corrected chi connectivity index (χ3v) is 5.10. The summed E-state index contributed by atoms with van der Waals surface area (Å²) < 4.78 is 12.4. The van der Waals surface area contributed by atoms with Gasteiger partial charge >= 0.3 is 0 Å². The van der Waals surface area contributed by atoms with E-state index in [-0.39, 0.29) is 0 Å². The van der Waals surface area contributed by atoms with Gasteiger partial charge < -0.3 is 19.3 Å². The Morgan fingerprint density at radius 1 is 1.23 bits per heavy atom. The van der Waals surface area contributed by atoms with Gasteiger partial charge in [-0.1, -0.05) is 13.0 Å². The molecule has 1 aliphatic rings. The number of quaternary nitrogens is 1. The number of benzene rings is 1. The van der Waals surface area contributed by atoms with E-state index in [2.05, 4.69) is 39.5 Å². The molecule has 8 nitrogen and oxygen atoms in total. The molecule has 1 saturated heterocycles. The first-order valence-electron chi connectivity index (χ1n) is 9.25. The van der Waals surface area contributed by atoms with Gasteiger partial charge in [0.2, 0.25) is 5.82 Å². The quantitative estimate of drug-likeness (QED) is 0.724. The van der Waals surface area contributed by atoms with E-state index in [0.29, 0.717) is 19.2 Å². The molecule has 1 aromatic carbocycles. The lowest BCUT2D eigenvalue weighted by atomic mass is 10.1. The van der Waals surface area contributed by atoms with E-state index in [0.717, 1.165) is 44.2 Å². The lowest BCUT2D eigenvalue weighted by Gasteiger charge is -2.37. The van der Waals surface area contributed by atoms with Gasteiger partial charge in [-0.2, -0.15) is 0 Å². The maximum atomic E-state index is 5.35. The van der Waals surface area contributed by atoms with E-state index in [1.54, 1.807) is 19.1 Å². The summed E-state index contributed by atoms with van der Waals surface area (Å²) in [6, 6.07) is 8.60. The van der Waals surface area contributed by atoms with Gasteiger partial charge in [0.25, 0.3) is 0 Å². The van der Waals surface area contributed by atoms with Crippen molar-refractivity contribution in [3.8, 4) is 5.75 Å². The smallest absolute Gasteiger partial charge is 0.209 e. The third-order valence-electron chi connectivity index (χ3n) is 5.10. The molecular weight excluding hydrogens is 332 g/mol. The molecule has 142 valence electrons. The summed E-state index contributed by atoms with van der Waals surface area (Å²) in [6.45, 7) is 7.67. The highest BCUT2D eigenvalue weighted by Gasteiger charge is 2.31. The Labute approximate surface area is 154 Å². The van der Waals surface area contributed by atoms with Crippen molar-refractivity contribution >= 4 is 5.69 Å². The molecule has 8 heteroatoms. The number of methoxy groups -OCH3 is 2. The summed E-state index contributed by atoms with van der Waals surface area (Å²) in [5, 5.41) is 12.3. The number of piperazine rings is 1. The van der Waals surface area contributed by atoms with Crippen LogP contribution in [-0.2, 0) is 11.3 Å². The van der Waals surface area contributed by atoms with Gasteiger partial charge in [-0.15, -0.1) is 5.10 Å². The average molecular weight is 361 g/mol. The van der Waals surface area contributed by atoms with Crippen LogP contribution in [-0.4, -0.2) is 67.2 Å². The van der Waals surface area contributed by atoms with Crippen molar-refractivity contribution in [1.29, 1.82) is 0 Å². The van der Waals surface area contributed by atoms with Gasteiger partial charge in [0, 0.05) is 25.3 Å². The molecule has 26 heavy (non-hydrogen) atoms. The molecular formula is C18H29N6O2+. The molecule has 1 atom stereocenters. The van der Waals surface area contributed by atoms with Gasteiger partial charge in [-0.05, 0) is 22.6 Å². The van der Waals surface area contributed by atoms with Gasteiger partial charge in [0.05, 0.1) is 46.4 Å². The number of nitrogens with one attached hydrogen (secondary N) is 1. The molecule has 0 unspecified atom stereocenters. The van der Waals surface area contributed by atoms with Crippen LogP contribution in [0.3, 0.4) is 0 Å². The Balaban J connectivity index is 1.65. The zero-order valence-electron chi connectivity index (χ0n) is 15.9. The van der Waals surface area contributed by atoms with Crippen molar-refractivity contribution in [3.05, 3.63) is 30.1 Å². The van der Waals surface area contributed by atoms with E-state index in [4.69, 9.17) is 9.47 Å². The Kier molecular flexibility index (Phi) is 6.40. The maximum absolute atomic E-state index is 5.35. The fourth-order valence-electron chi connectivity index (χ4n) is 3.66. The lowest BCUT2D eigenvalue weighted by Crippen LogP contribution is -3.15. The molecule has 0 bridgehead atoms. The van der Waals surface area contributed by atoms with E-state index >= 15 is 0 Å². The minimum Gasteiger partial charge on any atom is -0.497 e. The highest BCUT2D eigenvalue weighted by Crippen LogP contribution is 2.21. The number of hydrogen-bond donors (Lipinski definition) is 1. The molecule has 1 aromatic heterocycles. The van der Waals surface area contributed by atoms with Crippen molar-refractivity contribution in [2.24, 2.45) is 0 Å². The zero-order valence-corrected chi connectivity index (χ0v) is 15.9. The summed E-state index contributed by atoms with van der Waals surface area (Å²) >= 11 is 0. The van der Waals surface area contributed by atoms with Crippen molar-refractivity contribution < 1.29 is 14.4 Å². The molecule has 1 aliphatic heterocycles. The largest absolute Gasteiger partial charge is 0.497 e. The Morgan fingerprint density at radius 2 is 2.04 bits per heavy atom. The summed E-state index contributed by atoms with van der Waals surface area (Å²) in [5.41, 5.74) is 1.22. The van der Waals surface area contributed by atoms with Crippen LogP contribution in [0.1, 0.15) is 25.2 Å². The van der Waals surface area contributed by atoms with Gasteiger partial charge in [-0.25, -0.2) is 4.68 Å². The van der Waals surface area contributed by atoms with Crippen LogP contribution < -0.4 is 14.5 Å². The first kappa shape index (κ1) is 18.6. The van der Waals surface area contributed by atoms with Gasteiger partial charge in [0.15, 0.2) is 0 Å². The van der Waals surface area contributed by atoms with Crippen LogP contribution in [0.25, 0.3) is 0 Å². The van der Waals surface area contributed by atoms with Crippen LogP contribution in [0.5, 0.6) is 5.75 Å². The predicted molar refractivity (Wildman–Crippen MR) is 98.6 cm³/mol. The van der Waals surface area contributed by atoms with E-state index in [1.807, 2.05) is 16.8 Å². The monoisotopic (exact) mass is 361 g/mol. The van der Waals surface area contributed by atoms with Crippen molar-refractivity contribution in [2.75, 3.05) is 51.9 Å². The first-order chi connectivity index (χ1) is 12.8. The fourth-order valence-corrected chi connectivity index (χ4v) is 3.66. The van der Waals surface area contributed by atoms with E-state index in [9.17, 15) is 0 Å². The Hall–Kier alpha value is -2.19. The summed E-state index contributed by atoms with van der Waals surface area (Å²) in [4.78, 5) is 3.97. The lowest BCUT2D eigenvalue weighted by molar-refractivity contribution is -0.933. The van der Waals surface area contributed by atoms with Crippen LogP contribution in [0.15, 0.2) is 24.3 Å². The summed E-state index contributed by atoms with van der Waals surface area (Å²) in [6.07, 6.45) is 1.02. The zero-order chi connectivity index (χ0) is 18.4. The van der Waals surface area contributed by atoms with E-state index < -0.39 is 0 Å². The van der Waals surface area contributed by atoms with Gasteiger partial charge in [0.1, 0.15) is 11.8 Å². The molecule has 0 saturated carbocycles. The molecule has 0 amide bonds. The van der Waals surface area contributed by atoms with Crippen molar-refractivity contribution in [2.45, 2.75) is 25.9 Å². The molecule has 0 spiro atoms. The Morgan fingerprint density at radius 3 is 2.73 bits per heavy atom. The topological polar surface area (TPSA) is 69.7 Å². The number of ether oxygens (including phenoxy) is 2. The minimum atomic E-state index is 0.314. The SMILES string of the molecule is CC[C@H](c1nnnn1CCOC)[NH+]1CCN(c2cccc(OC)c2)CC1. The summed E-state index contributed by atoms with van der Waals surface area (Å²) in [5.74, 6) is 1.87. The third kappa shape index (κ3) is 4.13. The molecule has 3 rings (SSSR count). The molecule has 0 aliphatic carbocycles. The molecule has 1 N–H and O–H groups in total. The summed E-state index contributed by atoms with van der Waals surface area (Å²) in [7, 11) is 3.41. The predicted octanol–water partition coefficient (Wildman–Crippen LogP) is 0.184. The number of rotatable bonds is 8. The second-order valence-electron chi connectivity index (χ2n) is 6.56. The highest BCUT2D eigenvalue weighted by atomic mass is 16.5. The first-order valence-corrected chi connectivity index (χ1v) is 9.25. The number of anilines is 1. The Bertz CT molecular complexity index is 684. The van der Waals surface area contributed by atoms with E-state index in [1.165, 1.54) is 5.69 Å². The van der Waals surface area contributed by atoms with Crippen molar-refractivity contribution in [1.82, 2.24) is 20.2 Å². The number of aromatic nitrogens is 4. The number of tetrazole rings is 1. The number of hydrogen-bond acceptors (Lipinski definition) is 6. The minimum absolute atomic E-state index is 0.314. The van der Waals surface area contributed by atoms with Crippen LogP contribution in [0.2, 0.25) is 0 Å². The highest BCUT2D eigenvalue weighted by molar-refractivity contribution is 5.50. The van der Waals surface area contributed by atoms with Gasteiger partial charge in [-0.3, -0.25) is 0 Å². The normalized spacial score (nSPS) is 16.7. The van der Waals surface area contributed by atoms with Crippen LogP contribution in [0.4, 0.5) is 5.69 Å². The van der Waals surface area contributed by atoms with Crippen LogP contribution in [0, 0.1) is 0 Å². The van der Waals surface area contributed by atoms with Crippen LogP contribution >= 0.6 is 0 Å². The second-order valence-corrected chi connectivity index (χ2v) is 6.56.